The molecule has 0 spiro atoms. The highest BCUT2D eigenvalue weighted by Crippen LogP contribution is 2.18. The van der Waals surface area contributed by atoms with Crippen LogP contribution in [0.3, 0.4) is 0 Å². The first-order valence-corrected chi connectivity index (χ1v) is 7.90. The van der Waals surface area contributed by atoms with Crippen molar-refractivity contribution in [3.05, 3.63) is 52.2 Å². The number of halogens is 1. The highest BCUT2D eigenvalue weighted by Gasteiger charge is 2.06. The lowest BCUT2D eigenvalue weighted by atomic mass is 10.2. The molecule has 0 aliphatic carbocycles. The summed E-state index contributed by atoms with van der Waals surface area (Å²) in [6.45, 7) is 0. The lowest BCUT2D eigenvalue weighted by Gasteiger charge is -2.02. The Hall–Kier alpha value is -1.47. The SMILES string of the molecule is CS(=O)c1cnc(SCc2ccc(F)cc2)[nH]c1=O. The summed E-state index contributed by atoms with van der Waals surface area (Å²) in [4.78, 5) is 18.3. The Morgan fingerprint density at radius 2 is 2.05 bits per heavy atom. The first-order valence-electron chi connectivity index (χ1n) is 5.36. The molecule has 2 aromatic rings. The summed E-state index contributed by atoms with van der Waals surface area (Å²) < 4.78 is 23.9. The Kier molecular flexibility index (Phi) is 4.49. The van der Waals surface area contributed by atoms with E-state index in [1.807, 2.05) is 0 Å². The molecule has 0 aliphatic rings. The summed E-state index contributed by atoms with van der Waals surface area (Å²) in [5.74, 6) is 0.285. The van der Waals surface area contributed by atoms with Crippen LogP contribution < -0.4 is 5.56 Å². The molecule has 4 nitrogen and oxygen atoms in total. The Morgan fingerprint density at radius 3 is 2.63 bits per heavy atom. The van der Waals surface area contributed by atoms with E-state index in [4.69, 9.17) is 0 Å². The monoisotopic (exact) mass is 298 g/mol. The van der Waals surface area contributed by atoms with E-state index in [0.29, 0.717) is 10.9 Å². The van der Waals surface area contributed by atoms with Crippen LogP contribution in [-0.2, 0) is 16.6 Å². The summed E-state index contributed by atoms with van der Waals surface area (Å²) in [5.41, 5.74) is 0.537. The van der Waals surface area contributed by atoms with E-state index in [9.17, 15) is 13.4 Å². The number of nitrogens with zero attached hydrogens (tertiary/aromatic N) is 1. The van der Waals surface area contributed by atoms with Gasteiger partial charge in [0.2, 0.25) is 0 Å². The van der Waals surface area contributed by atoms with Crippen molar-refractivity contribution >= 4 is 22.6 Å². The van der Waals surface area contributed by atoms with Gasteiger partial charge < -0.3 is 4.98 Å². The van der Waals surface area contributed by atoms with Crippen molar-refractivity contribution in [3.8, 4) is 0 Å². The number of aromatic nitrogens is 2. The maximum Gasteiger partial charge on any atom is 0.267 e. The second kappa shape index (κ2) is 6.12. The molecule has 0 radical (unpaired) electrons. The zero-order valence-electron chi connectivity index (χ0n) is 10.1. The van der Waals surface area contributed by atoms with E-state index in [2.05, 4.69) is 9.97 Å². The molecule has 1 N–H and O–H groups in total. The zero-order valence-corrected chi connectivity index (χ0v) is 11.7. The van der Waals surface area contributed by atoms with Crippen LogP contribution in [0.15, 0.2) is 45.3 Å². The Morgan fingerprint density at radius 1 is 1.37 bits per heavy atom. The second-order valence-electron chi connectivity index (χ2n) is 3.75. The van der Waals surface area contributed by atoms with Gasteiger partial charge >= 0.3 is 0 Å². The number of nitrogens with one attached hydrogen (secondary N) is 1. The Balaban J connectivity index is 2.08. The smallest absolute Gasteiger partial charge is 0.267 e. The molecule has 0 fully saturated rings. The molecular formula is C12H11FN2O2S2. The average Bonchev–Trinajstić information content (AvgIpc) is 2.37. The number of hydrogen-bond donors (Lipinski definition) is 1. The summed E-state index contributed by atoms with van der Waals surface area (Å²) in [7, 11) is -1.35. The molecule has 1 unspecified atom stereocenters. The molecule has 19 heavy (non-hydrogen) atoms. The maximum atomic E-state index is 12.7. The zero-order chi connectivity index (χ0) is 13.8. The van der Waals surface area contributed by atoms with Crippen molar-refractivity contribution in [1.29, 1.82) is 0 Å². The molecule has 1 atom stereocenters. The molecular weight excluding hydrogens is 287 g/mol. The average molecular weight is 298 g/mol. The molecule has 2 rings (SSSR count). The van der Waals surface area contributed by atoms with Gasteiger partial charge in [-0.1, -0.05) is 23.9 Å². The fraction of sp³-hybridized carbons (Fsp3) is 0.167. The minimum atomic E-state index is -1.35. The summed E-state index contributed by atoms with van der Waals surface area (Å²) in [6.07, 6.45) is 2.75. The highest BCUT2D eigenvalue weighted by atomic mass is 32.2. The number of hydrogen-bond acceptors (Lipinski definition) is 4. The normalized spacial score (nSPS) is 12.3. The number of H-pyrrole nitrogens is 1. The maximum absolute atomic E-state index is 12.7. The van der Waals surface area contributed by atoms with E-state index in [-0.39, 0.29) is 10.7 Å². The number of rotatable bonds is 4. The van der Waals surface area contributed by atoms with Crippen LogP contribution in [0.2, 0.25) is 0 Å². The topological polar surface area (TPSA) is 62.8 Å². The molecule has 0 amide bonds. The van der Waals surface area contributed by atoms with Crippen LogP contribution in [0.5, 0.6) is 0 Å². The summed E-state index contributed by atoms with van der Waals surface area (Å²) in [6, 6.07) is 6.12. The number of aromatic amines is 1. The van der Waals surface area contributed by atoms with Crippen LogP contribution in [0.1, 0.15) is 5.56 Å². The molecule has 0 saturated heterocycles. The van der Waals surface area contributed by atoms with Crippen molar-refractivity contribution in [2.75, 3.05) is 6.26 Å². The third-order valence-corrected chi connectivity index (χ3v) is 4.21. The Bertz CT molecular complexity index is 656. The predicted molar refractivity (Wildman–Crippen MR) is 73.2 cm³/mol. The minimum Gasteiger partial charge on any atom is -0.300 e. The van der Waals surface area contributed by atoms with Gasteiger partial charge in [-0.05, 0) is 17.7 Å². The van der Waals surface area contributed by atoms with E-state index in [1.165, 1.54) is 36.3 Å². The van der Waals surface area contributed by atoms with Crippen LogP contribution in [-0.4, -0.2) is 20.4 Å². The molecule has 100 valence electrons. The first-order chi connectivity index (χ1) is 9.06. The molecule has 0 saturated carbocycles. The lowest BCUT2D eigenvalue weighted by Crippen LogP contribution is -2.14. The summed E-state index contributed by atoms with van der Waals surface area (Å²) >= 11 is 1.33. The fourth-order valence-electron chi connectivity index (χ4n) is 1.38. The third-order valence-electron chi connectivity index (χ3n) is 2.34. The largest absolute Gasteiger partial charge is 0.300 e. The van der Waals surface area contributed by atoms with Crippen LogP contribution in [0.25, 0.3) is 0 Å². The van der Waals surface area contributed by atoms with Gasteiger partial charge in [0, 0.05) is 12.0 Å². The molecule has 0 bridgehead atoms. The molecule has 1 heterocycles. The van der Waals surface area contributed by atoms with Gasteiger partial charge in [0.25, 0.3) is 5.56 Å². The van der Waals surface area contributed by atoms with Crippen LogP contribution in [0, 0.1) is 5.82 Å². The highest BCUT2D eigenvalue weighted by molar-refractivity contribution is 7.98. The number of thioether (sulfide) groups is 1. The van der Waals surface area contributed by atoms with Crippen LogP contribution in [0.4, 0.5) is 4.39 Å². The molecule has 1 aromatic carbocycles. The van der Waals surface area contributed by atoms with Gasteiger partial charge in [-0.2, -0.15) is 0 Å². The van der Waals surface area contributed by atoms with Crippen molar-refractivity contribution in [3.63, 3.8) is 0 Å². The van der Waals surface area contributed by atoms with Crippen molar-refractivity contribution in [2.24, 2.45) is 0 Å². The van der Waals surface area contributed by atoms with Crippen LogP contribution >= 0.6 is 11.8 Å². The van der Waals surface area contributed by atoms with E-state index in [0.717, 1.165) is 5.56 Å². The van der Waals surface area contributed by atoms with Crippen molar-refractivity contribution in [1.82, 2.24) is 9.97 Å². The Labute approximate surface area is 115 Å². The number of benzene rings is 1. The lowest BCUT2D eigenvalue weighted by molar-refractivity contribution is 0.627. The van der Waals surface area contributed by atoms with Gasteiger partial charge in [0.1, 0.15) is 10.7 Å². The quantitative estimate of drug-likeness (QED) is 0.692. The second-order valence-corrected chi connectivity index (χ2v) is 6.06. The van der Waals surface area contributed by atoms with Gasteiger partial charge in [-0.15, -0.1) is 0 Å². The molecule has 1 aromatic heterocycles. The van der Waals surface area contributed by atoms with E-state index < -0.39 is 16.4 Å². The van der Waals surface area contributed by atoms with Crippen molar-refractivity contribution in [2.45, 2.75) is 15.8 Å². The van der Waals surface area contributed by atoms with Gasteiger partial charge in [0.05, 0.1) is 17.0 Å². The van der Waals surface area contributed by atoms with Gasteiger partial charge in [-0.25, -0.2) is 9.37 Å². The fourth-order valence-corrected chi connectivity index (χ4v) is 2.68. The molecule has 0 aliphatic heterocycles. The summed E-state index contributed by atoms with van der Waals surface area (Å²) in [5, 5.41) is 0.448. The predicted octanol–water partition coefficient (Wildman–Crippen LogP) is 1.94. The minimum absolute atomic E-state index is 0.158. The standard InChI is InChI=1S/C12H11FN2O2S2/c1-19(17)10-6-14-12(15-11(10)16)18-7-8-2-4-9(13)5-3-8/h2-6H,7H2,1H3,(H,14,15,16). The first kappa shape index (κ1) is 14.0. The van der Waals surface area contributed by atoms with Crippen molar-refractivity contribution < 1.29 is 8.60 Å². The molecule has 7 heteroatoms. The van der Waals surface area contributed by atoms with E-state index in [1.54, 1.807) is 12.1 Å². The van der Waals surface area contributed by atoms with E-state index >= 15 is 0 Å². The third kappa shape index (κ3) is 3.74. The van der Waals surface area contributed by atoms with Gasteiger partial charge in [-0.3, -0.25) is 9.00 Å². The van der Waals surface area contributed by atoms with Gasteiger partial charge in [0.15, 0.2) is 5.16 Å².